The molecule has 1 aliphatic rings. The predicted octanol–water partition coefficient (Wildman–Crippen LogP) is 4.57. The van der Waals surface area contributed by atoms with Gasteiger partial charge in [-0.3, -0.25) is 0 Å². The normalized spacial score (nSPS) is 18.3. The number of rotatable bonds is 3. The Labute approximate surface area is 110 Å². The van der Waals surface area contributed by atoms with Gasteiger partial charge in [0.15, 0.2) is 0 Å². The molecule has 0 saturated heterocycles. The highest BCUT2D eigenvalue weighted by Gasteiger charge is 2.22. The van der Waals surface area contributed by atoms with Crippen LogP contribution in [0, 0.1) is 6.92 Å². The maximum atomic E-state index is 5.32. The van der Waals surface area contributed by atoms with E-state index >= 15 is 0 Å². The Kier molecular flexibility index (Phi) is 3.21. The molecule has 17 heavy (non-hydrogen) atoms. The third-order valence-electron chi connectivity index (χ3n) is 3.05. The van der Waals surface area contributed by atoms with Crippen LogP contribution in [0.4, 0.5) is 0 Å². The molecule has 1 nitrogen and oxygen atoms in total. The van der Waals surface area contributed by atoms with E-state index in [9.17, 15) is 0 Å². The summed E-state index contributed by atoms with van der Waals surface area (Å²) in [5, 5.41) is 0. The van der Waals surface area contributed by atoms with E-state index in [4.69, 9.17) is 4.42 Å². The largest absolute Gasteiger partial charge is 0.468 e. The van der Waals surface area contributed by atoms with Gasteiger partial charge in [0.1, 0.15) is 5.76 Å². The highest BCUT2D eigenvalue weighted by atomic mass is 32.2. The second-order valence-corrected chi connectivity index (χ2v) is 6.32. The third kappa shape index (κ3) is 2.26. The summed E-state index contributed by atoms with van der Waals surface area (Å²) in [4.78, 5) is 2.74. The molecule has 1 aliphatic heterocycles. The molecule has 2 aromatic rings. The average molecular weight is 262 g/mol. The Bertz CT molecular complexity index is 518. The van der Waals surface area contributed by atoms with Crippen molar-refractivity contribution >= 4 is 23.5 Å². The van der Waals surface area contributed by atoms with Crippen LogP contribution in [0.1, 0.15) is 17.2 Å². The van der Waals surface area contributed by atoms with Gasteiger partial charge in [-0.15, -0.1) is 23.5 Å². The van der Waals surface area contributed by atoms with E-state index in [0.29, 0.717) is 5.92 Å². The molecule has 0 radical (unpaired) electrons. The van der Waals surface area contributed by atoms with Crippen LogP contribution >= 0.6 is 23.5 Å². The maximum absolute atomic E-state index is 5.32. The first-order valence-electron chi connectivity index (χ1n) is 5.73. The lowest BCUT2D eigenvalue weighted by Crippen LogP contribution is -1.99. The van der Waals surface area contributed by atoms with E-state index in [0.717, 1.165) is 11.5 Å². The van der Waals surface area contributed by atoms with E-state index in [2.05, 4.69) is 30.3 Å². The van der Waals surface area contributed by atoms with Gasteiger partial charge in [0.05, 0.1) is 6.26 Å². The van der Waals surface area contributed by atoms with Crippen molar-refractivity contribution in [2.24, 2.45) is 0 Å². The average Bonchev–Trinajstić information content (AvgIpc) is 2.93. The predicted molar refractivity (Wildman–Crippen MR) is 74.1 cm³/mol. The molecule has 1 aromatic heterocycles. The summed E-state index contributed by atoms with van der Waals surface area (Å²) in [6.45, 7) is 2.03. The van der Waals surface area contributed by atoms with E-state index in [-0.39, 0.29) is 0 Å². The van der Waals surface area contributed by atoms with Crippen LogP contribution in [0.3, 0.4) is 0 Å². The van der Waals surface area contributed by atoms with Gasteiger partial charge in [-0.25, -0.2) is 0 Å². The van der Waals surface area contributed by atoms with E-state index in [1.54, 1.807) is 6.26 Å². The first-order valence-corrected chi connectivity index (χ1v) is 7.70. The minimum Gasteiger partial charge on any atom is -0.468 e. The van der Waals surface area contributed by atoms with Crippen LogP contribution in [-0.4, -0.2) is 11.5 Å². The van der Waals surface area contributed by atoms with Gasteiger partial charge in [-0.1, -0.05) is 18.2 Å². The monoisotopic (exact) mass is 262 g/mol. The van der Waals surface area contributed by atoms with Gasteiger partial charge in [0.25, 0.3) is 0 Å². The first-order chi connectivity index (χ1) is 8.34. The van der Waals surface area contributed by atoms with Gasteiger partial charge in [-0.2, -0.15) is 0 Å². The Morgan fingerprint density at radius 3 is 3.06 bits per heavy atom. The number of benzene rings is 1. The zero-order valence-corrected chi connectivity index (χ0v) is 11.3. The van der Waals surface area contributed by atoms with Gasteiger partial charge in [-0.05, 0) is 24.6 Å². The van der Waals surface area contributed by atoms with Crippen molar-refractivity contribution in [2.45, 2.75) is 22.6 Å². The van der Waals surface area contributed by atoms with E-state index < -0.39 is 0 Å². The summed E-state index contributed by atoms with van der Waals surface area (Å²) >= 11 is 3.89. The Balaban J connectivity index is 1.70. The highest BCUT2D eigenvalue weighted by molar-refractivity contribution is 8.00. The Morgan fingerprint density at radius 1 is 1.35 bits per heavy atom. The van der Waals surface area contributed by atoms with Crippen molar-refractivity contribution in [3.63, 3.8) is 0 Å². The smallest absolute Gasteiger partial charge is 0.114 e. The minimum atomic E-state index is 0.676. The highest BCUT2D eigenvalue weighted by Crippen LogP contribution is 2.42. The molecular formula is C14H14OS2. The van der Waals surface area contributed by atoms with Crippen LogP contribution < -0.4 is 0 Å². The standard InChI is InChI=1S/C14H14OS2/c1-10-13(6-7-15-10)16-8-11-9-17-14-5-3-2-4-12(11)14/h2-7,11H,8-9H2,1H3. The SMILES string of the molecule is Cc1occc1SCC1CSc2ccccc21. The molecule has 3 rings (SSSR count). The van der Waals surface area contributed by atoms with Crippen LogP contribution in [0.2, 0.25) is 0 Å². The maximum Gasteiger partial charge on any atom is 0.114 e. The molecule has 0 spiro atoms. The second kappa shape index (κ2) is 4.83. The van der Waals surface area contributed by atoms with Crippen molar-refractivity contribution in [2.75, 3.05) is 11.5 Å². The Morgan fingerprint density at radius 2 is 2.24 bits per heavy atom. The van der Waals surface area contributed by atoms with Crippen molar-refractivity contribution in [1.82, 2.24) is 0 Å². The van der Waals surface area contributed by atoms with Crippen LogP contribution in [0.15, 0.2) is 50.8 Å². The second-order valence-electron chi connectivity index (χ2n) is 4.20. The molecular weight excluding hydrogens is 248 g/mol. The zero-order chi connectivity index (χ0) is 11.7. The minimum absolute atomic E-state index is 0.676. The van der Waals surface area contributed by atoms with Gasteiger partial charge < -0.3 is 4.42 Å². The van der Waals surface area contributed by atoms with Crippen molar-refractivity contribution in [3.8, 4) is 0 Å². The molecule has 1 unspecified atom stereocenters. The number of furan rings is 1. The van der Waals surface area contributed by atoms with Crippen LogP contribution in [0.5, 0.6) is 0 Å². The quantitative estimate of drug-likeness (QED) is 0.752. The topological polar surface area (TPSA) is 13.1 Å². The molecule has 3 heteroatoms. The van der Waals surface area contributed by atoms with Gasteiger partial charge in [0, 0.05) is 27.2 Å². The van der Waals surface area contributed by atoms with Crippen LogP contribution in [-0.2, 0) is 0 Å². The van der Waals surface area contributed by atoms with Gasteiger partial charge >= 0.3 is 0 Å². The van der Waals surface area contributed by atoms with Crippen molar-refractivity contribution < 1.29 is 4.42 Å². The summed E-state index contributed by atoms with van der Waals surface area (Å²) in [5.41, 5.74) is 1.52. The molecule has 0 saturated carbocycles. The number of hydrogen-bond donors (Lipinski definition) is 0. The molecule has 0 aliphatic carbocycles. The summed E-state index contributed by atoms with van der Waals surface area (Å²) in [5.74, 6) is 4.07. The van der Waals surface area contributed by atoms with Gasteiger partial charge in [0.2, 0.25) is 0 Å². The lowest BCUT2D eigenvalue weighted by Gasteiger charge is -2.09. The third-order valence-corrected chi connectivity index (χ3v) is 5.61. The number of aryl methyl sites for hydroxylation is 1. The lowest BCUT2D eigenvalue weighted by molar-refractivity contribution is 0.527. The summed E-state index contributed by atoms with van der Waals surface area (Å²) in [6.07, 6.45) is 1.77. The van der Waals surface area contributed by atoms with Crippen LogP contribution in [0.25, 0.3) is 0 Å². The van der Waals surface area contributed by atoms with E-state index in [1.807, 2.05) is 30.4 Å². The molecule has 1 atom stereocenters. The summed E-state index contributed by atoms with van der Waals surface area (Å²) < 4.78 is 5.32. The molecule has 1 aromatic carbocycles. The molecule has 2 heterocycles. The fourth-order valence-electron chi connectivity index (χ4n) is 2.08. The molecule has 88 valence electrons. The van der Waals surface area contributed by atoms with E-state index in [1.165, 1.54) is 21.1 Å². The molecule has 0 bridgehead atoms. The lowest BCUT2D eigenvalue weighted by atomic mass is 10.0. The van der Waals surface area contributed by atoms with Crippen molar-refractivity contribution in [1.29, 1.82) is 0 Å². The van der Waals surface area contributed by atoms with Crippen molar-refractivity contribution in [3.05, 3.63) is 47.9 Å². The number of fused-ring (bicyclic) bond motifs is 1. The number of hydrogen-bond acceptors (Lipinski definition) is 3. The molecule has 0 fully saturated rings. The fraction of sp³-hybridized carbons (Fsp3) is 0.286. The zero-order valence-electron chi connectivity index (χ0n) is 9.68. The fourth-order valence-corrected chi connectivity index (χ4v) is 4.57. The summed E-state index contributed by atoms with van der Waals surface area (Å²) in [7, 11) is 0. The summed E-state index contributed by atoms with van der Waals surface area (Å²) in [6, 6.07) is 10.8. The Hall–Kier alpha value is -0.800. The molecule has 0 N–H and O–H groups in total. The molecule has 0 amide bonds. The number of thioether (sulfide) groups is 2. The first kappa shape index (κ1) is 11.3.